The number of nitrogens with zero attached hydrogens (tertiary/aromatic N) is 1. The summed E-state index contributed by atoms with van der Waals surface area (Å²) in [7, 11) is 0. The van der Waals surface area contributed by atoms with Crippen molar-refractivity contribution in [2.24, 2.45) is 0 Å². The molecule has 18 heavy (non-hydrogen) atoms. The van der Waals surface area contributed by atoms with Gasteiger partial charge >= 0.3 is 0 Å². The van der Waals surface area contributed by atoms with E-state index in [1.165, 1.54) is 0 Å². The number of fused-ring (bicyclic) bond motifs is 1. The van der Waals surface area contributed by atoms with Crippen LogP contribution < -0.4 is 10.6 Å². The van der Waals surface area contributed by atoms with Crippen molar-refractivity contribution in [2.45, 2.75) is 25.6 Å². The van der Waals surface area contributed by atoms with Crippen molar-refractivity contribution in [3.05, 3.63) is 40.1 Å². The molecule has 0 fully saturated rings. The first-order valence-corrected chi connectivity index (χ1v) is 6.80. The number of carbonyl (C=O) groups excluding carboxylic acids is 1. The summed E-state index contributed by atoms with van der Waals surface area (Å²) < 4.78 is 0. The fourth-order valence-electron chi connectivity index (χ4n) is 2.06. The number of amides is 1. The molecule has 0 saturated heterocycles. The average Bonchev–Trinajstić information content (AvgIpc) is 3.05. The van der Waals surface area contributed by atoms with Crippen LogP contribution in [0.5, 0.6) is 0 Å². The minimum Gasteiger partial charge on any atom is -0.351 e. The number of imidazole rings is 1. The molecule has 3 rings (SSSR count). The molecular formula is C12H14N4OS. The summed E-state index contributed by atoms with van der Waals surface area (Å²) in [6.07, 6.45) is 2.33. The predicted octanol–water partition coefficient (Wildman–Crippen LogP) is 0.802. The third-order valence-electron chi connectivity index (χ3n) is 3.09. The number of nitrogens with one attached hydrogen (secondary N) is 3. The van der Waals surface area contributed by atoms with Crippen LogP contribution in [0.1, 0.15) is 17.0 Å². The molecule has 2 aromatic heterocycles. The molecular weight excluding hydrogens is 248 g/mol. The van der Waals surface area contributed by atoms with Crippen LogP contribution in [-0.2, 0) is 24.3 Å². The van der Waals surface area contributed by atoms with Gasteiger partial charge in [-0.3, -0.25) is 10.1 Å². The number of H-pyrrole nitrogens is 1. The topological polar surface area (TPSA) is 69.8 Å². The van der Waals surface area contributed by atoms with Crippen LogP contribution in [0.3, 0.4) is 0 Å². The van der Waals surface area contributed by atoms with E-state index in [2.05, 4.69) is 20.6 Å². The molecule has 3 N–H and O–H groups in total. The van der Waals surface area contributed by atoms with Gasteiger partial charge in [0, 0.05) is 19.5 Å². The Morgan fingerprint density at radius 1 is 1.61 bits per heavy atom. The molecule has 0 aliphatic carbocycles. The zero-order valence-corrected chi connectivity index (χ0v) is 10.6. The van der Waals surface area contributed by atoms with Gasteiger partial charge < -0.3 is 10.3 Å². The Balaban J connectivity index is 1.57. The van der Waals surface area contributed by atoms with Crippen molar-refractivity contribution in [3.8, 4) is 0 Å². The Morgan fingerprint density at radius 3 is 3.39 bits per heavy atom. The first-order valence-electron chi connectivity index (χ1n) is 5.86. The first-order chi connectivity index (χ1) is 8.83. The first kappa shape index (κ1) is 11.4. The fraction of sp³-hybridized carbons (Fsp3) is 0.333. The number of aromatic nitrogens is 2. The van der Waals surface area contributed by atoms with Crippen molar-refractivity contribution < 1.29 is 4.79 Å². The van der Waals surface area contributed by atoms with E-state index < -0.39 is 0 Å². The van der Waals surface area contributed by atoms with E-state index in [1.807, 2.05) is 16.8 Å². The summed E-state index contributed by atoms with van der Waals surface area (Å²) in [6, 6.07) is 1.84. The van der Waals surface area contributed by atoms with E-state index in [0.29, 0.717) is 19.5 Å². The Hall–Kier alpha value is -1.66. The van der Waals surface area contributed by atoms with Crippen LogP contribution in [-0.4, -0.2) is 21.9 Å². The van der Waals surface area contributed by atoms with E-state index in [4.69, 9.17) is 0 Å². The van der Waals surface area contributed by atoms with Gasteiger partial charge in [0.05, 0.1) is 23.8 Å². The maximum Gasteiger partial charge on any atom is 0.237 e. The van der Waals surface area contributed by atoms with Gasteiger partial charge in [0.2, 0.25) is 5.91 Å². The Labute approximate surface area is 109 Å². The minimum atomic E-state index is -0.181. The molecule has 0 radical (unpaired) electrons. The zero-order valence-electron chi connectivity index (χ0n) is 9.77. The van der Waals surface area contributed by atoms with Gasteiger partial charge in [-0.2, -0.15) is 11.3 Å². The van der Waals surface area contributed by atoms with Gasteiger partial charge in [-0.15, -0.1) is 0 Å². The molecule has 0 aromatic carbocycles. The molecule has 0 bridgehead atoms. The number of hydrogen-bond acceptors (Lipinski definition) is 4. The number of aromatic amines is 1. The summed E-state index contributed by atoms with van der Waals surface area (Å²) in [6.45, 7) is 1.26. The Kier molecular flexibility index (Phi) is 3.12. The number of rotatable bonds is 3. The van der Waals surface area contributed by atoms with Crippen molar-refractivity contribution in [1.82, 2.24) is 20.6 Å². The number of hydrogen-bond donors (Lipinski definition) is 3. The van der Waals surface area contributed by atoms with E-state index in [0.717, 1.165) is 17.0 Å². The molecule has 3 heterocycles. The monoisotopic (exact) mass is 262 g/mol. The minimum absolute atomic E-state index is 0.0369. The Morgan fingerprint density at radius 2 is 2.56 bits per heavy atom. The molecule has 0 spiro atoms. The molecule has 1 unspecified atom stereocenters. The van der Waals surface area contributed by atoms with E-state index in [1.54, 1.807) is 17.7 Å². The predicted molar refractivity (Wildman–Crippen MR) is 69.1 cm³/mol. The SMILES string of the molecule is O=C(NCc1ccsc1)C1Cc2nc[nH]c2CN1. The summed E-state index contributed by atoms with van der Waals surface area (Å²) >= 11 is 1.64. The standard InChI is InChI=1S/C12H14N4OS/c17-12(14-4-8-1-2-18-6-8)10-3-9-11(5-13-10)16-7-15-9/h1-2,6-7,10,13H,3-5H2,(H,14,17)(H,15,16). The van der Waals surface area contributed by atoms with Crippen molar-refractivity contribution in [2.75, 3.05) is 0 Å². The lowest BCUT2D eigenvalue weighted by molar-refractivity contribution is -0.123. The van der Waals surface area contributed by atoms with Gasteiger partial charge in [-0.25, -0.2) is 4.98 Å². The highest BCUT2D eigenvalue weighted by Crippen LogP contribution is 2.12. The van der Waals surface area contributed by atoms with Crippen LogP contribution in [0.4, 0.5) is 0 Å². The summed E-state index contributed by atoms with van der Waals surface area (Å²) in [5.41, 5.74) is 3.21. The maximum atomic E-state index is 12.0. The largest absolute Gasteiger partial charge is 0.351 e. The highest BCUT2D eigenvalue weighted by atomic mass is 32.1. The molecule has 5 nitrogen and oxygen atoms in total. The third-order valence-corrected chi connectivity index (χ3v) is 3.83. The molecule has 94 valence electrons. The van der Waals surface area contributed by atoms with E-state index in [-0.39, 0.29) is 11.9 Å². The molecule has 1 aliphatic heterocycles. The van der Waals surface area contributed by atoms with Crippen molar-refractivity contribution in [1.29, 1.82) is 0 Å². The quantitative estimate of drug-likeness (QED) is 0.766. The van der Waals surface area contributed by atoms with E-state index in [9.17, 15) is 4.79 Å². The highest BCUT2D eigenvalue weighted by Gasteiger charge is 2.25. The van der Waals surface area contributed by atoms with Crippen LogP contribution >= 0.6 is 11.3 Å². The normalized spacial score (nSPS) is 18.3. The smallest absolute Gasteiger partial charge is 0.237 e. The van der Waals surface area contributed by atoms with E-state index >= 15 is 0 Å². The lowest BCUT2D eigenvalue weighted by Gasteiger charge is -2.22. The zero-order chi connectivity index (χ0) is 12.4. The molecule has 1 aliphatic rings. The number of carbonyl (C=O) groups is 1. The lowest BCUT2D eigenvalue weighted by atomic mass is 10.0. The fourth-order valence-corrected chi connectivity index (χ4v) is 2.73. The second kappa shape index (κ2) is 4.91. The highest BCUT2D eigenvalue weighted by molar-refractivity contribution is 7.07. The van der Waals surface area contributed by atoms with Crippen molar-refractivity contribution in [3.63, 3.8) is 0 Å². The van der Waals surface area contributed by atoms with Gasteiger partial charge in [-0.1, -0.05) is 0 Å². The molecule has 6 heteroatoms. The van der Waals surface area contributed by atoms with Crippen LogP contribution in [0, 0.1) is 0 Å². The van der Waals surface area contributed by atoms with Crippen molar-refractivity contribution >= 4 is 17.2 Å². The van der Waals surface area contributed by atoms with Gasteiger partial charge in [0.1, 0.15) is 0 Å². The van der Waals surface area contributed by atoms with Crippen LogP contribution in [0.15, 0.2) is 23.2 Å². The molecule has 1 atom stereocenters. The number of thiophene rings is 1. The van der Waals surface area contributed by atoms with Gasteiger partial charge in [0.25, 0.3) is 0 Å². The summed E-state index contributed by atoms with van der Waals surface area (Å²) in [4.78, 5) is 19.3. The van der Waals surface area contributed by atoms with Crippen LogP contribution in [0.2, 0.25) is 0 Å². The average molecular weight is 262 g/mol. The lowest BCUT2D eigenvalue weighted by Crippen LogP contribution is -2.47. The second-order valence-electron chi connectivity index (χ2n) is 4.31. The third kappa shape index (κ3) is 2.30. The van der Waals surface area contributed by atoms with Gasteiger partial charge in [-0.05, 0) is 22.4 Å². The molecule has 1 amide bonds. The Bertz CT molecular complexity index is 534. The summed E-state index contributed by atoms with van der Waals surface area (Å²) in [5.74, 6) is 0.0369. The van der Waals surface area contributed by atoms with Gasteiger partial charge in [0.15, 0.2) is 0 Å². The molecule has 0 saturated carbocycles. The maximum absolute atomic E-state index is 12.0. The summed E-state index contributed by atoms with van der Waals surface area (Å²) in [5, 5.41) is 10.2. The molecule has 2 aromatic rings. The van der Waals surface area contributed by atoms with Crippen LogP contribution in [0.25, 0.3) is 0 Å². The second-order valence-corrected chi connectivity index (χ2v) is 5.09.